The number of rotatable bonds is 3. The number of nitrogens with zero attached hydrogens (tertiary/aromatic N) is 6. The molecular formula is C20H13ClFN7O. The number of imidazole rings is 1. The molecule has 8 nitrogen and oxygen atoms in total. The first-order valence-corrected chi connectivity index (χ1v) is 9.30. The summed E-state index contributed by atoms with van der Waals surface area (Å²) >= 11 is 6.16. The molecule has 4 aromatic heterocycles. The molecule has 0 atom stereocenters. The van der Waals surface area contributed by atoms with E-state index in [1.807, 2.05) is 18.2 Å². The second-order valence-corrected chi connectivity index (χ2v) is 6.90. The van der Waals surface area contributed by atoms with Crippen LogP contribution in [0.5, 0.6) is 0 Å². The third-order valence-corrected chi connectivity index (χ3v) is 4.96. The van der Waals surface area contributed by atoms with Crippen LogP contribution < -0.4 is 5.69 Å². The molecule has 0 aliphatic heterocycles. The Morgan fingerprint density at radius 3 is 2.80 bits per heavy atom. The van der Waals surface area contributed by atoms with E-state index in [0.717, 1.165) is 0 Å². The number of H-pyrrole nitrogens is 1. The number of fused-ring (bicyclic) bond motifs is 2. The third-order valence-electron chi connectivity index (χ3n) is 4.70. The molecule has 0 saturated carbocycles. The van der Waals surface area contributed by atoms with Crippen molar-refractivity contribution in [3.8, 4) is 5.69 Å². The Morgan fingerprint density at radius 1 is 1.20 bits per heavy atom. The van der Waals surface area contributed by atoms with Gasteiger partial charge < -0.3 is 4.98 Å². The van der Waals surface area contributed by atoms with Gasteiger partial charge in [-0.1, -0.05) is 29.8 Å². The van der Waals surface area contributed by atoms with Crippen molar-refractivity contribution in [2.45, 2.75) is 6.92 Å². The summed E-state index contributed by atoms with van der Waals surface area (Å²) in [5, 5.41) is 0.378. The van der Waals surface area contributed by atoms with Gasteiger partial charge in [0.05, 0.1) is 28.7 Å². The molecule has 0 radical (unpaired) electrons. The van der Waals surface area contributed by atoms with Crippen molar-refractivity contribution in [2.24, 2.45) is 4.99 Å². The van der Waals surface area contributed by atoms with Crippen LogP contribution in [0.15, 0.2) is 64.9 Å². The van der Waals surface area contributed by atoms with Crippen LogP contribution >= 0.6 is 11.6 Å². The fourth-order valence-electron chi connectivity index (χ4n) is 3.33. The van der Waals surface area contributed by atoms with E-state index >= 15 is 0 Å². The minimum absolute atomic E-state index is 0.157. The molecule has 10 heteroatoms. The van der Waals surface area contributed by atoms with Crippen molar-refractivity contribution >= 4 is 39.8 Å². The summed E-state index contributed by atoms with van der Waals surface area (Å²) in [5.41, 5.74) is 1.86. The van der Waals surface area contributed by atoms with E-state index in [1.54, 1.807) is 25.1 Å². The molecule has 0 spiro atoms. The van der Waals surface area contributed by atoms with Gasteiger partial charge in [0, 0.05) is 12.3 Å². The Kier molecular flexibility index (Phi) is 4.18. The van der Waals surface area contributed by atoms with Gasteiger partial charge in [0.15, 0.2) is 11.6 Å². The van der Waals surface area contributed by atoms with Crippen LogP contribution in [0.25, 0.3) is 22.4 Å². The fraction of sp³-hybridized carbons (Fsp3) is 0.0500. The van der Waals surface area contributed by atoms with Gasteiger partial charge in [-0.3, -0.25) is 4.57 Å². The van der Waals surface area contributed by atoms with E-state index in [1.165, 1.54) is 27.7 Å². The zero-order chi connectivity index (χ0) is 20.8. The van der Waals surface area contributed by atoms with Gasteiger partial charge in [0.2, 0.25) is 0 Å². The SMILES string of the molecule is C/C(=N\c1ncnc2[nH]cc(F)c12)c1cc2ncc(Cl)n2c(=O)n1-c1ccccc1. The maximum atomic E-state index is 14.2. The highest BCUT2D eigenvalue weighted by Crippen LogP contribution is 2.25. The lowest BCUT2D eigenvalue weighted by Crippen LogP contribution is -2.29. The normalized spacial score (nSPS) is 12.2. The Bertz CT molecular complexity index is 1500. The molecular weight excluding hydrogens is 409 g/mol. The second kappa shape index (κ2) is 6.89. The number of benzene rings is 1. The molecule has 0 amide bonds. The summed E-state index contributed by atoms with van der Waals surface area (Å²) < 4.78 is 17.0. The lowest BCUT2D eigenvalue weighted by atomic mass is 10.2. The van der Waals surface area contributed by atoms with Crippen LogP contribution in [-0.2, 0) is 0 Å². The lowest BCUT2D eigenvalue weighted by molar-refractivity contribution is 0.639. The van der Waals surface area contributed by atoms with Crippen molar-refractivity contribution in [3.05, 3.63) is 82.3 Å². The molecule has 5 rings (SSSR count). The van der Waals surface area contributed by atoms with Crippen molar-refractivity contribution < 1.29 is 4.39 Å². The number of aromatic amines is 1. The highest BCUT2D eigenvalue weighted by atomic mass is 35.5. The minimum atomic E-state index is -0.506. The van der Waals surface area contributed by atoms with E-state index < -0.39 is 11.5 Å². The van der Waals surface area contributed by atoms with Crippen LogP contribution in [0.4, 0.5) is 10.2 Å². The predicted octanol–water partition coefficient (Wildman–Crippen LogP) is 3.69. The molecule has 4 heterocycles. The summed E-state index contributed by atoms with van der Waals surface area (Å²) in [5.74, 6) is -0.349. The molecule has 0 aliphatic rings. The standard InChI is InChI=1S/C20H13ClFN7O/c1-11(27-19-17-13(22)8-24-18(17)25-10-26-19)14-7-16-23-9-15(21)29(16)20(30)28(14)12-5-3-2-4-6-12/h2-10H,1H3,(H,24,25,26)/b27-11+. The van der Waals surface area contributed by atoms with E-state index in [-0.39, 0.29) is 16.4 Å². The van der Waals surface area contributed by atoms with Gasteiger partial charge >= 0.3 is 5.69 Å². The number of hydrogen-bond acceptors (Lipinski definition) is 5. The maximum absolute atomic E-state index is 14.2. The molecule has 0 saturated heterocycles. The zero-order valence-corrected chi connectivity index (χ0v) is 16.3. The summed E-state index contributed by atoms with van der Waals surface area (Å²) in [7, 11) is 0. The van der Waals surface area contributed by atoms with Crippen LogP contribution in [0.2, 0.25) is 5.15 Å². The Labute approximate surface area is 173 Å². The third kappa shape index (κ3) is 2.79. The molecule has 0 fully saturated rings. The first kappa shape index (κ1) is 18.2. The van der Waals surface area contributed by atoms with Crippen LogP contribution in [0.3, 0.4) is 0 Å². The van der Waals surface area contributed by atoms with Gasteiger partial charge in [0.25, 0.3) is 0 Å². The summed E-state index contributed by atoms with van der Waals surface area (Å²) in [4.78, 5) is 32.8. The van der Waals surface area contributed by atoms with Crippen molar-refractivity contribution in [1.29, 1.82) is 0 Å². The largest absolute Gasteiger partial charge is 0.343 e. The molecule has 1 N–H and O–H groups in total. The number of aliphatic imine (C=N–C) groups is 1. The molecule has 0 aliphatic carbocycles. The van der Waals surface area contributed by atoms with E-state index in [2.05, 4.69) is 24.9 Å². The Morgan fingerprint density at radius 2 is 2.00 bits per heavy atom. The number of para-hydroxylation sites is 1. The van der Waals surface area contributed by atoms with Crippen LogP contribution in [0.1, 0.15) is 12.6 Å². The van der Waals surface area contributed by atoms with E-state index in [4.69, 9.17) is 11.6 Å². The molecule has 5 aromatic rings. The highest BCUT2D eigenvalue weighted by Gasteiger charge is 2.17. The average molecular weight is 422 g/mol. The van der Waals surface area contributed by atoms with Crippen molar-refractivity contribution in [3.63, 3.8) is 0 Å². The summed E-state index contributed by atoms with van der Waals surface area (Å²) in [6.45, 7) is 1.72. The fourth-order valence-corrected chi connectivity index (χ4v) is 3.54. The first-order valence-electron chi connectivity index (χ1n) is 8.92. The molecule has 0 unspecified atom stereocenters. The highest BCUT2D eigenvalue weighted by molar-refractivity contribution is 6.29. The smallest absolute Gasteiger partial charge is 0.340 e. The monoisotopic (exact) mass is 421 g/mol. The lowest BCUT2D eigenvalue weighted by Gasteiger charge is -2.14. The van der Waals surface area contributed by atoms with Gasteiger partial charge in [-0.15, -0.1) is 0 Å². The maximum Gasteiger partial charge on any atom is 0.340 e. The number of nitrogens with one attached hydrogen (secondary N) is 1. The van der Waals surface area contributed by atoms with Gasteiger partial charge in [-0.05, 0) is 19.1 Å². The quantitative estimate of drug-likeness (QED) is 0.449. The molecule has 30 heavy (non-hydrogen) atoms. The molecule has 0 bridgehead atoms. The predicted molar refractivity (Wildman–Crippen MR) is 112 cm³/mol. The number of hydrogen-bond donors (Lipinski definition) is 1. The average Bonchev–Trinajstić information content (AvgIpc) is 3.32. The minimum Gasteiger partial charge on any atom is -0.343 e. The Hall–Kier alpha value is -3.85. The van der Waals surface area contributed by atoms with Gasteiger partial charge in [-0.25, -0.2) is 33.5 Å². The molecule has 1 aromatic carbocycles. The first-order chi connectivity index (χ1) is 14.5. The van der Waals surface area contributed by atoms with E-state index in [0.29, 0.717) is 28.4 Å². The van der Waals surface area contributed by atoms with E-state index in [9.17, 15) is 9.18 Å². The Balaban J connectivity index is 1.80. The molecule has 148 valence electrons. The summed E-state index contributed by atoms with van der Waals surface area (Å²) in [6.07, 6.45) is 3.91. The van der Waals surface area contributed by atoms with Crippen molar-refractivity contribution in [2.75, 3.05) is 0 Å². The summed E-state index contributed by atoms with van der Waals surface area (Å²) in [6, 6.07) is 10.8. The van der Waals surface area contributed by atoms with Crippen LogP contribution in [-0.4, -0.2) is 34.6 Å². The van der Waals surface area contributed by atoms with Gasteiger partial charge in [-0.2, -0.15) is 0 Å². The van der Waals surface area contributed by atoms with Crippen LogP contribution in [0, 0.1) is 5.82 Å². The van der Waals surface area contributed by atoms with Crippen molar-refractivity contribution in [1.82, 2.24) is 28.9 Å². The zero-order valence-electron chi connectivity index (χ0n) is 15.5. The number of halogens is 2. The second-order valence-electron chi connectivity index (χ2n) is 6.51. The van der Waals surface area contributed by atoms with Gasteiger partial charge in [0.1, 0.15) is 22.8 Å². The number of aromatic nitrogens is 6. The topological polar surface area (TPSA) is 93.2 Å².